The Morgan fingerprint density at radius 1 is 0.273 bits per heavy atom. The molecule has 0 aromatic heterocycles. The molecule has 8 aliphatic carbocycles. The van der Waals surface area contributed by atoms with Crippen molar-refractivity contribution in [2.75, 3.05) is 9.80 Å². The number of fused-ring (bicyclic) bond motifs is 4. The first kappa shape index (κ1) is 44.9. The molecule has 0 amide bonds. The lowest BCUT2D eigenvalue weighted by Crippen LogP contribution is -2.74. The minimum Gasteiger partial charge on any atom is -0.310 e. The summed E-state index contributed by atoms with van der Waals surface area (Å²) in [4.78, 5) is 5.41. The van der Waals surface area contributed by atoms with Crippen molar-refractivity contribution in [1.82, 2.24) is 0 Å². The summed E-state index contributed by atoms with van der Waals surface area (Å²) < 4.78 is 0. The lowest BCUT2D eigenvalue weighted by Gasteiger charge is -2.64. The monoisotopic (exact) mass is 1010 g/mol. The summed E-state index contributed by atoms with van der Waals surface area (Å²) in [5.74, 6) is 6.25. The van der Waals surface area contributed by atoms with Gasteiger partial charge in [0.15, 0.2) is 8.07 Å². The Balaban J connectivity index is 0.917. The molecule has 0 radical (unpaired) electrons. The number of rotatable bonds is 7. The molecule has 9 aromatic rings. The van der Waals surface area contributed by atoms with Gasteiger partial charge in [-0.3, -0.25) is 0 Å². The van der Waals surface area contributed by atoms with Gasteiger partial charge in [0.1, 0.15) is 0 Å². The van der Waals surface area contributed by atoms with Crippen LogP contribution >= 0.6 is 0 Å². The van der Waals surface area contributed by atoms with Crippen LogP contribution in [0.4, 0.5) is 34.1 Å². The molecule has 2 spiro atoms. The Bertz CT molecular complexity index is 3360. The van der Waals surface area contributed by atoms with E-state index >= 15 is 0 Å². The van der Waals surface area contributed by atoms with Crippen molar-refractivity contribution in [3.63, 3.8) is 0 Å². The van der Waals surface area contributed by atoms with Gasteiger partial charge in [-0.2, -0.15) is 0 Å². The Hall–Kier alpha value is -7.20. The lowest BCUT2D eigenvalue weighted by atomic mass is 9.41. The van der Waals surface area contributed by atoms with Gasteiger partial charge in [0.25, 0.3) is 0 Å². The average Bonchev–Trinajstić information content (AvgIpc) is 3.66. The molecule has 8 bridgehead atoms. The summed E-state index contributed by atoms with van der Waals surface area (Å²) in [5.41, 5.74) is 16.7. The molecule has 2 heterocycles. The molecule has 0 N–H and O–H groups in total. The summed E-state index contributed by atoms with van der Waals surface area (Å²) in [7, 11) is -2.84. The van der Waals surface area contributed by atoms with Crippen molar-refractivity contribution in [3.8, 4) is 11.1 Å². The van der Waals surface area contributed by atoms with Crippen LogP contribution in [0.15, 0.2) is 231 Å². The molecule has 9 aromatic carbocycles. The fraction of sp³-hybridized carbons (Fsp3) is 0.270. The summed E-state index contributed by atoms with van der Waals surface area (Å²) in [6.45, 7) is 0. The molecule has 77 heavy (non-hydrogen) atoms. The van der Waals surface area contributed by atoms with Crippen LogP contribution in [0.5, 0.6) is 0 Å². The van der Waals surface area contributed by atoms with Crippen LogP contribution in [-0.4, -0.2) is 8.07 Å². The smallest absolute Gasteiger partial charge is 0.179 e. The zero-order valence-corrected chi connectivity index (χ0v) is 45.0. The van der Waals surface area contributed by atoms with E-state index in [0.29, 0.717) is 23.7 Å². The Morgan fingerprint density at radius 2 is 0.584 bits per heavy atom. The van der Waals surface area contributed by atoms with Crippen molar-refractivity contribution in [2.24, 2.45) is 47.3 Å². The van der Waals surface area contributed by atoms with E-state index in [0.717, 1.165) is 23.7 Å². The van der Waals surface area contributed by atoms with Gasteiger partial charge in [0.2, 0.25) is 0 Å². The van der Waals surface area contributed by atoms with Gasteiger partial charge < -0.3 is 9.80 Å². The summed E-state index contributed by atoms with van der Waals surface area (Å²) >= 11 is 0. The summed E-state index contributed by atoms with van der Waals surface area (Å²) in [6, 6.07) is 90.6. The fourth-order valence-corrected chi connectivity index (χ4v) is 24.6. The summed E-state index contributed by atoms with van der Waals surface area (Å²) in [6.07, 6.45) is 13.8. The zero-order chi connectivity index (χ0) is 50.5. The van der Waals surface area contributed by atoms with Crippen molar-refractivity contribution in [1.29, 1.82) is 0 Å². The van der Waals surface area contributed by atoms with E-state index in [-0.39, 0.29) is 10.8 Å². The van der Waals surface area contributed by atoms with Gasteiger partial charge in [-0.05, 0) is 208 Å². The van der Waals surface area contributed by atoms with Crippen LogP contribution in [0.25, 0.3) is 11.1 Å². The first-order chi connectivity index (χ1) is 38.1. The second-order valence-corrected chi connectivity index (χ2v) is 29.1. The zero-order valence-electron chi connectivity index (χ0n) is 44.0. The maximum Gasteiger partial charge on any atom is 0.179 e. The molecule has 0 unspecified atom stereocenters. The van der Waals surface area contributed by atoms with Crippen molar-refractivity contribution >= 4 is 62.9 Å². The van der Waals surface area contributed by atoms with Gasteiger partial charge in [-0.1, -0.05) is 188 Å². The standard InChI is InChI=1S/C74H66N2Si/c1-4-20-61(21-5-1)77(62-22-6-2-7-23-62,63-24-8-3-9-25-63)64-26-18-19-53(47-64)54-45-59(75-69-31-14-10-27-65(69)73(66-28-11-15-32-70(66)75)55-37-49-35-50(39-55)40-56(73)38-49)48-60(46-54)76-71-33-16-12-29-67(71)74(68-30-13-17-34-72(68)76)57-41-51-36-52(43-57)44-58(74)42-51/h1-34,45-52,55-58H,35-44H2. The highest BCUT2D eigenvalue weighted by molar-refractivity contribution is 7.19. The van der Waals surface area contributed by atoms with Gasteiger partial charge >= 0.3 is 0 Å². The molecular formula is C74H66N2Si. The van der Waals surface area contributed by atoms with E-state index in [4.69, 9.17) is 0 Å². The van der Waals surface area contributed by atoms with Gasteiger partial charge in [-0.15, -0.1) is 0 Å². The lowest BCUT2D eigenvalue weighted by molar-refractivity contribution is -0.0419. The summed E-state index contributed by atoms with van der Waals surface area (Å²) in [5, 5.41) is 5.57. The Kier molecular flexibility index (Phi) is 9.85. The molecule has 0 saturated heterocycles. The predicted octanol–water partition coefficient (Wildman–Crippen LogP) is 15.8. The van der Waals surface area contributed by atoms with Crippen LogP contribution in [0.3, 0.4) is 0 Å². The molecular weight excluding hydrogens is 945 g/mol. The molecule has 2 nitrogen and oxygen atoms in total. The highest BCUT2D eigenvalue weighted by Crippen LogP contribution is 2.71. The quantitative estimate of drug-likeness (QED) is 0.116. The number of benzene rings is 9. The Labute approximate surface area is 456 Å². The molecule has 3 heteroatoms. The second-order valence-electron chi connectivity index (χ2n) is 25.3. The number of hydrogen-bond donors (Lipinski definition) is 0. The van der Waals surface area contributed by atoms with Crippen molar-refractivity contribution in [2.45, 2.75) is 75.0 Å². The number of nitrogens with zero attached hydrogens (tertiary/aromatic N) is 2. The van der Waals surface area contributed by atoms with E-state index in [1.807, 2.05) is 0 Å². The minimum atomic E-state index is -2.84. The van der Waals surface area contributed by atoms with Crippen LogP contribution in [0.2, 0.25) is 0 Å². The SMILES string of the molecule is c1ccc([Si](c2ccccc2)(c2ccccc2)c2cccc(-c3cc(N4c5ccccc5C5(c6ccccc64)C4CC6CC(C4)CC5C6)cc(N4c5ccccc5C5(c6ccccc64)C4CC6CC(C4)CC5C6)c3)c2)cc1. The number of hydrogen-bond acceptors (Lipinski definition) is 2. The first-order valence-electron chi connectivity index (χ1n) is 29.5. The number of para-hydroxylation sites is 4. The van der Waals surface area contributed by atoms with Gasteiger partial charge in [0.05, 0.1) is 22.7 Å². The largest absolute Gasteiger partial charge is 0.310 e. The third-order valence-corrected chi connectivity index (χ3v) is 26.7. The minimum absolute atomic E-state index is 0.0316. The topological polar surface area (TPSA) is 6.48 Å². The van der Waals surface area contributed by atoms with Gasteiger partial charge in [0, 0.05) is 22.2 Å². The van der Waals surface area contributed by atoms with Crippen LogP contribution in [-0.2, 0) is 10.8 Å². The fourth-order valence-electron chi connectivity index (χ4n) is 19.8. The molecule has 376 valence electrons. The second kappa shape index (κ2) is 16.9. The predicted molar refractivity (Wildman–Crippen MR) is 321 cm³/mol. The van der Waals surface area contributed by atoms with E-state index in [9.17, 15) is 0 Å². The number of anilines is 6. The molecule has 8 fully saturated rings. The highest BCUT2D eigenvalue weighted by Gasteiger charge is 2.63. The molecule has 10 aliphatic rings. The molecule has 2 aliphatic heterocycles. The third-order valence-electron chi connectivity index (χ3n) is 21.9. The van der Waals surface area contributed by atoms with Crippen LogP contribution in [0, 0.1) is 47.3 Å². The Morgan fingerprint density at radius 3 is 0.935 bits per heavy atom. The van der Waals surface area contributed by atoms with E-state index in [1.165, 1.54) is 130 Å². The van der Waals surface area contributed by atoms with E-state index in [2.05, 4.69) is 240 Å². The van der Waals surface area contributed by atoms with Gasteiger partial charge in [-0.25, -0.2) is 0 Å². The maximum atomic E-state index is 2.70. The van der Waals surface area contributed by atoms with Crippen LogP contribution in [0.1, 0.15) is 86.5 Å². The highest BCUT2D eigenvalue weighted by atomic mass is 28.3. The van der Waals surface area contributed by atoms with Crippen LogP contribution < -0.4 is 30.5 Å². The van der Waals surface area contributed by atoms with Crippen molar-refractivity contribution < 1.29 is 0 Å². The van der Waals surface area contributed by atoms with E-state index < -0.39 is 8.07 Å². The normalized spacial score (nSPS) is 26.1. The molecule has 0 atom stereocenters. The molecule has 8 saturated carbocycles. The average molecular weight is 1010 g/mol. The van der Waals surface area contributed by atoms with Crippen molar-refractivity contribution in [3.05, 3.63) is 253 Å². The van der Waals surface area contributed by atoms with E-state index in [1.54, 1.807) is 22.3 Å². The maximum absolute atomic E-state index is 2.84. The third kappa shape index (κ3) is 6.18. The molecule has 19 rings (SSSR count). The first-order valence-corrected chi connectivity index (χ1v) is 31.5.